The number of carbonyl (C=O) groups excluding carboxylic acids is 1. The summed E-state index contributed by atoms with van der Waals surface area (Å²) in [7, 11) is 0. The minimum absolute atomic E-state index is 0.0229. The normalized spacial score (nSPS) is 31.7. The van der Waals surface area contributed by atoms with E-state index in [1.807, 2.05) is 0 Å². The smallest absolute Gasteiger partial charge is 0.410 e. The average molecular weight is 374 g/mol. The maximum Gasteiger partial charge on any atom is 0.410 e. The molecule has 1 aliphatic heterocycles. The third-order valence-electron chi connectivity index (χ3n) is 6.81. The lowest BCUT2D eigenvalue weighted by Gasteiger charge is -2.45. The van der Waals surface area contributed by atoms with E-state index in [0.717, 1.165) is 38.5 Å². The molecular weight excluding hydrogens is 338 g/mol. The van der Waals surface area contributed by atoms with Gasteiger partial charge in [0.25, 0.3) is 0 Å². The van der Waals surface area contributed by atoms with E-state index in [1.54, 1.807) is 4.90 Å². The van der Waals surface area contributed by atoms with Crippen molar-refractivity contribution in [3.8, 4) is 0 Å². The molecule has 0 bridgehead atoms. The fraction of sp³-hybridized carbons (Fsp3) is 0.696. The van der Waals surface area contributed by atoms with Crippen LogP contribution in [0, 0.1) is 11.8 Å². The molecule has 0 radical (unpaired) electrons. The molecule has 2 aliphatic rings. The average Bonchev–Trinajstić information content (AvgIpc) is 2.68. The van der Waals surface area contributed by atoms with Gasteiger partial charge in [0.05, 0.1) is 12.6 Å². The molecule has 27 heavy (non-hydrogen) atoms. The van der Waals surface area contributed by atoms with Crippen LogP contribution in [0.4, 0.5) is 4.79 Å². The minimum Gasteiger partial charge on any atom is -0.446 e. The first-order valence-corrected chi connectivity index (χ1v) is 10.6. The molecule has 3 rings (SSSR count). The maximum absolute atomic E-state index is 12.9. The second-order valence-electron chi connectivity index (χ2n) is 9.03. The van der Waals surface area contributed by atoms with Crippen LogP contribution in [-0.4, -0.2) is 41.4 Å². The highest BCUT2D eigenvalue weighted by Crippen LogP contribution is 2.44. The van der Waals surface area contributed by atoms with E-state index in [-0.39, 0.29) is 30.3 Å². The number of nitrogens with zero attached hydrogens (tertiary/aromatic N) is 1. The zero-order valence-electron chi connectivity index (χ0n) is 17.1. The first-order chi connectivity index (χ1) is 12.9. The van der Waals surface area contributed by atoms with Gasteiger partial charge in [-0.25, -0.2) is 4.79 Å². The summed E-state index contributed by atoms with van der Waals surface area (Å²) >= 11 is 0. The Hall–Kier alpha value is -1.55. The molecule has 4 atom stereocenters. The van der Waals surface area contributed by atoms with E-state index < -0.39 is 0 Å². The molecule has 4 nitrogen and oxygen atoms in total. The van der Waals surface area contributed by atoms with Gasteiger partial charge in [-0.2, -0.15) is 0 Å². The van der Waals surface area contributed by atoms with Crippen molar-refractivity contribution in [3.05, 3.63) is 35.9 Å². The number of carbonyl (C=O) groups is 1. The molecule has 1 saturated heterocycles. The number of likely N-dealkylation sites (tertiary alicyclic amines) is 1. The molecule has 150 valence electrons. The summed E-state index contributed by atoms with van der Waals surface area (Å²) in [5.74, 6) is 0.876. The topological polar surface area (TPSA) is 49.8 Å². The van der Waals surface area contributed by atoms with Gasteiger partial charge in [-0.3, -0.25) is 0 Å². The number of benzene rings is 1. The Kier molecular flexibility index (Phi) is 6.46. The number of hydrogen-bond acceptors (Lipinski definition) is 3. The van der Waals surface area contributed by atoms with Gasteiger partial charge in [-0.05, 0) is 61.3 Å². The lowest BCUT2D eigenvalue weighted by atomic mass is 9.64. The Morgan fingerprint density at radius 2 is 2.00 bits per heavy atom. The van der Waals surface area contributed by atoms with Gasteiger partial charge < -0.3 is 14.7 Å². The van der Waals surface area contributed by atoms with Crippen molar-refractivity contribution >= 4 is 6.09 Å². The minimum atomic E-state index is -0.235. The van der Waals surface area contributed by atoms with Gasteiger partial charge in [0.2, 0.25) is 0 Å². The van der Waals surface area contributed by atoms with Gasteiger partial charge in [0.1, 0.15) is 6.10 Å². The highest BCUT2D eigenvalue weighted by molar-refractivity contribution is 5.68. The van der Waals surface area contributed by atoms with Crippen LogP contribution < -0.4 is 0 Å². The molecule has 1 aromatic rings. The quantitative estimate of drug-likeness (QED) is 0.828. The lowest BCUT2D eigenvalue weighted by Crippen LogP contribution is -2.49. The number of aliphatic hydroxyl groups excluding tert-OH is 1. The van der Waals surface area contributed by atoms with Crippen molar-refractivity contribution in [1.29, 1.82) is 0 Å². The predicted molar refractivity (Wildman–Crippen MR) is 108 cm³/mol. The Morgan fingerprint density at radius 1 is 1.26 bits per heavy atom. The largest absolute Gasteiger partial charge is 0.446 e. The van der Waals surface area contributed by atoms with E-state index in [2.05, 4.69) is 51.1 Å². The van der Waals surface area contributed by atoms with Crippen LogP contribution in [0.1, 0.15) is 64.9 Å². The fourth-order valence-electron chi connectivity index (χ4n) is 4.99. The van der Waals surface area contributed by atoms with Crippen molar-refractivity contribution in [1.82, 2.24) is 4.90 Å². The van der Waals surface area contributed by atoms with E-state index >= 15 is 0 Å². The second kappa shape index (κ2) is 8.64. The molecule has 1 saturated carbocycles. The Balaban J connectivity index is 1.76. The van der Waals surface area contributed by atoms with Crippen LogP contribution >= 0.6 is 0 Å². The summed E-state index contributed by atoms with van der Waals surface area (Å²) in [6.45, 7) is 7.48. The van der Waals surface area contributed by atoms with E-state index in [0.29, 0.717) is 18.4 Å². The first kappa shape index (κ1) is 20.2. The zero-order chi connectivity index (χ0) is 19.4. The van der Waals surface area contributed by atoms with Gasteiger partial charge in [0, 0.05) is 6.54 Å². The van der Waals surface area contributed by atoms with Crippen LogP contribution in [0.2, 0.25) is 0 Å². The summed E-state index contributed by atoms with van der Waals surface area (Å²) in [4.78, 5) is 14.7. The van der Waals surface area contributed by atoms with Crippen molar-refractivity contribution in [2.75, 3.05) is 13.2 Å². The first-order valence-electron chi connectivity index (χ1n) is 10.6. The Bertz CT molecular complexity index is 617. The fourth-order valence-corrected chi connectivity index (χ4v) is 4.99. The van der Waals surface area contributed by atoms with Crippen LogP contribution in [0.15, 0.2) is 30.3 Å². The SMILES string of the molecule is CC(C)C1CCC(C)(c2ccccc2)CC1OC(=O)N1CCCC[C@@H]1CO. The lowest BCUT2D eigenvalue weighted by molar-refractivity contribution is -0.0292. The second-order valence-corrected chi connectivity index (χ2v) is 9.03. The monoisotopic (exact) mass is 373 g/mol. The third kappa shape index (κ3) is 4.48. The molecule has 1 aliphatic carbocycles. The molecule has 2 fully saturated rings. The summed E-state index contributed by atoms with van der Waals surface area (Å²) < 4.78 is 6.13. The number of ether oxygens (including phenoxy) is 1. The van der Waals surface area contributed by atoms with Crippen molar-refractivity contribution in [2.24, 2.45) is 11.8 Å². The molecule has 0 spiro atoms. The predicted octanol–water partition coefficient (Wildman–Crippen LogP) is 4.75. The van der Waals surface area contributed by atoms with E-state index in [9.17, 15) is 9.90 Å². The van der Waals surface area contributed by atoms with Crippen LogP contribution in [0.3, 0.4) is 0 Å². The van der Waals surface area contributed by atoms with Gasteiger partial charge >= 0.3 is 6.09 Å². The summed E-state index contributed by atoms with van der Waals surface area (Å²) in [6, 6.07) is 10.5. The van der Waals surface area contributed by atoms with Crippen LogP contribution in [0.25, 0.3) is 0 Å². The van der Waals surface area contributed by atoms with Crippen LogP contribution in [-0.2, 0) is 10.2 Å². The zero-order valence-corrected chi connectivity index (χ0v) is 17.1. The molecular formula is C23H35NO3. The van der Waals surface area contributed by atoms with E-state index in [4.69, 9.17) is 4.74 Å². The number of piperidine rings is 1. The number of rotatable bonds is 4. The maximum atomic E-state index is 12.9. The number of amides is 1. The van der Waals surface area contributed by atoms with Crippen molar-refractivity contribution < 1.29 is 14.6 Å². The summed E-state index contributed by atoms with van der Waals surface area (Å²) in [6.07, 6.45) is 5.68. The summed E-state index contributed by atoms with van der Waals surface area (Å²) in [5, 5.41) is 9.64. The van der Waals surface area contributed by atoms with Crippen molar-refractivity contribution in [2.45, 2.75) is 76.9 Å². The number of aliphatic hydroxyl groups is 1. The molecule has 1 amide bonds. The van der Waals surface area contributed by atoms with Gasteiger partial charge in [-0.15, -0.1) is 0 Å². The third-order valence-corrected chi connectivity index (χ3v) is 6.81. The van der Waals surface area contributed by atoms with Gasteiger partial charge in [0.15, 0.2) is 0 Å². The standard InChI is InChI=1S/C23H35NO3/c1-17(2)20-12-13-23(3,18-9-5-4-6-10-18)15-21(20)27-22(26)24-14-8-7-11-19(24)16-25/h4-6,9-10,17,19-21,25H,7-8,11-16H2,1-3H3/t19-,20?,21?,23?/m1/s1. The number of hydrogen-bond donors (Lipinski definition) is 1. The molecule has 1 heterocycles. The highest BCUT2D eigenvalue weighted by Gasteiger charge is 2.42. The van der Waals surface area contributed by atoms with Crippen LogP contribution in [0.5, 0.6) is 0 Å². The molecule has 3 unspecified atom stereocenters. The molecule has 4 heteroatoms. The molecule has 1 N–H and O–H groups in total. The van der Waals surface area contributed by atoms with Crippen molar-refractivity contribution in [3.63, 3.8) is 0 Å². The Labute approximate surface area is 163 Å². The summed E-state index contributed by atoms with van der Waals surface area (Å²) in [5.41, 5.74) is 1.37. The molecule has 0 aromatic heterocycles. The van der Waals surface area contributed by atoms with Gasteiger partial charge in [-0.1, -0.05) is 51.1 Å². The van der Waals surface area contributed by atoms with E-state index in [1.165, 1.54) is 5.56 Å². The molecule has 1 aromatic carbocycles. The Morgan fingerprint density at radius 3 is 2.67 bits per heavy atom. The highest BCUT2D eigenvalue weighted by atomic mass is 16.6.